The van der Waals surface area contributed by atoms with Crippen molar-refractivity contribution in [1.82, 2.24) is 24.9 Å². The number of nitrogens with zero attached hydrogens (tertiary/aromatic N) is 4. The number of carbonyl (C=O) groups is 1. The highest BCUT2D eigenvalue weighted by Crippen LogP contribution is 2.16. The first-order valence-electron chi connectivity index (χ1n) is 8.90. The summed E-state index contributed by atoms with van der Waals surface area (Å²) in [5.41, 5.74) is 3.69. The van der Waals surface area contributed by atoms with Crippen molar-refractivity contribution in [3.8, 4) is 5.75 Å². The molecule has 9 heteroatoms. The van der Waals surface area contributed by atoms with Crippen LogP contribution in [0.4, 0.5) is 8.78 Å². The third kappa shape index (κ3) is 4.79. The second-order valence-corrected chi connectivity index (χ2v) is 6.36. The van der Waals surface area contributed by atoms with Crippen LogP contribution >= 0.6 is 0 Å². The van der Waals surface area contributed by atoms with E-state index >= 15 is 0 Å². The molecule has 7 nitrogen and oxygen atoms in total. The van der Waals surface area contributed by atoms with Gasteiger partial charge in [0.25, 0.3) is 5.78 Å². The van der Waals surface area contributed by atoms with Crippen molar-refractivity contribution >= 4 is 11.7 Å². The van der Waals surface area contributed by atoms with E-state index in [9.17, 15) is 13.6 Å². The quantitative estimate of drug-likeness (QED) is 0.641. The average molecular weight is 389 g/mol. The molecule has 0 saturated carbocycles. The van der Waals surface area contributed by atoms with Crippen molar-refractivity contribution in [2.24, 2.45) is 0 Å². The van der Waals surface area contributed by atoms with Crippen molar-refractivity contribution in [2.45, 2.75) is 39.7 Å². The van der Waals surface area contributed by atoms with Crippen molar-refractivity contribution in [1.29, 1.82) is 0 Å². The Morgan fingerprint density at radius 1 is 1.21 bits per heavy atom. The SMILES string of the molecule is Cc1nc2ncnn2c(C)c1CCC(=O)NCCc1ccc(OC(F)F)cc1. The normalized spacial score (nSPS) is 11.2. The number of fused-ring (bicyclic) bond motifs is 1. The predicted molar refractivity (Wildman–Crippen MR) is 98.4 cm³/mol. The van der Waals surface area contributed by atoms with Crippen LogP contribution in [0.5, 0.6) is 5.75 Å². The minimum Gasteiger partial charge on any atom is -0.435 e. The van der Waals surface area contributed by atoms with E-state index in [1.165, 1.54) is 18.5 Å². The Hall–Kier alpha value is -3.10. The smallest absolute Gasteiger partial charge is 0.387 e. The summed E-state index contributed by atoms with van der Waals surface area (Å²) in [6, 6.07) is 6.38. The fourth-order valence-electron chi connectivity index (χ4n) is 3.03. The summed E-state index contributed by atoms with van der Waals surface area (Å²) >= 11 is 0. The molecule has 0 bridgehead atoms. The van der Waals surface area contributed by atoms with Gasteiger partial charge in [-0.25, -0.2) is 9.50 Å². The number of amides is 1. The summed E-state index contributed by atoms with van der Waals surface area (Å²) in [6.07, 6.45) is 2.96. The van der Waals surface area contributed by atoms with Gasteiger partial charge in [0.1, 0.15) is 12.1 Å². The predicted octanol–water partition coefficient (Wildman–Crippen LogP) is 2.63. The van der Waals surface area contributed by atoms with E-state index in [2.05, 4.69) is 25.1 Å². The number of ether oxygens (including phenoxy) is 1. The maximum atomic E-state index is 12.1. The van der Waals surface area contributed by atoms with E-state index < -0.39 is 6.61 Å². The van der Waals surface area contributed by atoms with Crippen LogP contribution < -0.4 is 10.1 Å². The lowest BCUT2D eigenvalue weighted by Crippen LogP contribution is -2.26. The number of hydrogen-bond acceptors (Lipinski definition) is 5. The molecule has 0 radical (unpaired) electrons. The molecule has 148 valence electrons. The summed E-state index contributed by atoms with van der Waals surface area (Å²) in [4.78, 5) is 20.6. The number of carbonyl (C=O) groups excluding carboxylic acids is 1. The van der Waals surface area contributed by atoms with Gasteiger partial charge < -0.3 is 10.1 Å². The lowest BCUT2D eigenvalue weighted by atomic mass is 10.1. The Balaban J connectivity index is 1.47. The minimum absolute atomic E-state index is 0.0601. The molecular formula is C19H21F2N5O2. The largest absolute Gasteiger partial charge is 0.435 e. The number of hydrogen-bond donors (Lipinski definition) is 1. The van der Waals surface area contributed by atoms with Crippen molar-refractivity contribution < 1.29 is 18.3 Å². The number of halogens is 2. The van der Waals surface area contributed by atoms with Crippen molar-refractivity contribution in [3.05, 3.63) is 53.1 Å². The zero-order valence-electron chi connectivity index (χ0n) is 15.7. The Morgan fingerprint density at radius 3 is 2.68 bits per heavy atom. The zero-order chi connectivity index (χ0) is 20.1. The van der Waals surface area contributed by atoms with Crippen LogP contribution in [0, 0.1) is 13.8 Å². The summed E-state index contributed by atoms with van der Waals surface area (Å²) in [5, 5.41) is 7.02. The van der Waals surface area contributed by atoms with Gasteiger partial charge in [-0.1, -0.05) is 12.1 Å². The molecule has 0 unspecified atom stereocenters. The molecule has 2 heterocycles. The molecule has 28 heavy (non-hydrogen) atoms. The van der Waals surface area contributed by atoms with Crippen LogP contribution in [-0.4, -0.2) is 38.6 Å². The lowest BCUT2D eigenvalue weighted by molar-refractivity contribution is -0.121. The van der Waals surface area contributed by atoms with Crippen molar-refractivity contribution in [3.63, 3.8) is 0 Å². The highest BCUT2D eigenvalue weighted by Gasteiger charge is 2.12. The molecule has 0 aliphatic rings. The van der Waals surface area contributed by atoms with Gasteiger partial charge >= 0.3 is 6.61 Å². The number of aromatic nitrogens is 4. The van der Waals surface area contributed by atoms with Gasteiger partial charge in [0, 0.05) is 24.4 Å². The van der Waals surface area contributed by atoms with Gasteiger partial charge in [-0.05, 0) is 49.9 Å². The van der Waals surface area contributed by atoms with Gasteiger partial charge in [-0.15, -0.1) is 0 Å². The Bertz CT molecular complexity index is 957. The second-order valence-electron chi connectivity index (χ2n) is 6.36. The molecular weight excluding hydrogens is 368 g/mol. The number of alkyl halides is 2. The standard InChI is InChI=1S/C19H21F2N5O2/c1-12-16(13(2)26-19(25-12)23-11-24-26)7-8-17(27)22-10-9-14-3-5-15(6-4-14)28-18(20)21/h3-6,11,18H,7-10H2,1-2H3,(H,22,27). The highest BCUT2D eigenvalue weighted by atomic mass is 19.3. The van der Waals surface area contributed by atoms with Crippen LogP contribution in [0.2, 0.25) is 0 Å². The van der Waals surface area contributed by atoms with Crippen LogP contribution in [0.1, 0.15) is 28.9 Å². The molecule has 3 rings (SSSR count). The number of rotatable bonds is 8. The Morgan fingerprint density at radius 2 is 1.96 bits per heavy atom. The van der Waals surface area contributed by atoms with Gasteiger partial charge in [0.05, 0.1) is 0 Å². The fourth-order valence-corrected chi connectivity index (χ4v) is 3.03. The summed E-state index contributed by atoms with van der Waals surface area (Å²) in [5.74, 6) is 0.606. The number of aryl methyl sites for hydroxylation is 2. The van der Waals surface area contributed by atoms with Crippen LogP contribution in [0.15, 0.2) is 30.6 Å². The van der Waals surface area contributed by atoms with Crippen LogP contribution in [-0.2, 0) is 17.6 Å². The molecule has 2 aromatic heterocycles. The van der Waals surface area contributed by atoms with E-state index in [0.717, 1.165) is 22.5 Å². The van der Waals surface area contributed by atoms with Gasteiger partial charge in [0.15, 0.2) is 0 Å². The highest BCUT2D eigenvalue weighted by molar-refractivity contribution is 5.76. The third-order valence-electron chi connectivity index (χ3n) is 4.48. The molecule has 3 aromatic rings. The summed E-state index contributed by atoms with van der Waals surface area (Å²) < 4.78 is 30.2. The topological polar surface area (TPSA) is 81.4 Å². The molecule has 1 N–H and O–H groups in total. The second kappa shape index (κ2) is 8.73. The van der Waals surface area contributed by atoms with E-state index in [0.29, 0.717) is 31.6 Å². The minimum atomic E-state index is -2.84. The first-order chi connectivity index (χ1) is 13.4. The molecule has 1 amide bonds. The summed E-state index contributed by atoms with van der Waals surface area (Å²) in [6.45, 7) is 1.46. The van der Waals surface area contributed by atoms with Gasteiger partial charge in [-0.2, -0.15) is 18.9 Å². The maximum absolute atomic E-state index is 12.1. The molecule has 0 aliphatic carbocycles. The van der Waals surface area contributed by atoms with E-state index in [1.807, 2.05) is 13.8 Å². The van der Waals surface area contributed by atoms with E-state index in [4.69, 9.17) is 0 Å². The average Bonchev–Trinajstić information content (AvgIpc) is 3.11. The fraction of sp³-hybridized carbons (Fsp3) is 0.368. The molecule has 0 saturated heterocycles. The monoisotopic (exact) mass is 389 g/mol. The molecule has 0 atom stereocenters. The molecule has 0 fully saturated rings. The number of benzene rings is 1. The van der Waals surface area contributed by atoms with E-state index in [1.54, 1.807) is 16.6 Å². The third-order valence-corrected chi connectivity index (χ3v) is 4.48. The molecule has 1 aromatic carbocycles. The molecule has 0 spiro atoms. The van der Waals surface area contributed by atoms with Crippen molar-refractivity contribution in [2.75, 3.05) is 6.54 Å². The molecule has 0 aliphatic heterocycles. The zero-order valence-corrected chi connectivity index (χ0v) is 15.7. The van der Waals surface area contributed by atoms with Gasteiger partial charge in [0.2, 0.25) is 5.91 Å². The Kier molecular flexibility index (Phi) is 6.13. The first-order valence-corrected chi connectivity index (χ1v) is 8.90. The van der Waals surface area contributed by atoms with Crippen LogP contribution in [0.25, 0.3) is 5.78 Å². The first kappa shape index (κ1) is 19.7. The number of nitrogens with one attached hydrogen (secondary N) is 1. The van der Waals surface area contributed by atoms with Gasteiger partial charge in [-0.3, -0.25) is 4.79 Å². The maximum Gasteiger partial charge on any atom is 0.387 e. The summed E-state index contributed by atoms with van der Waals surface area (Å²) in [7, 11) is 0. The van der Waals surface area contributed by atoms with E-state index in [-0.39, 0.29) is 11.7 Å². The van der Waals surface area contributed by atoms with Crippen LogP contribution in [0.3, 0.4) is 0 Å². The lowest BCUT2D eigenvalue weighted by Gasteiger charge is -2.11. The Labute approximate surface area is 160 Å².